The zero-order valence-electron chi connectivity index (χ0n) is 16.5. The van der Waals surface area contributed by atoms with Crippen LogP contribution < -0.4 is 0 Å². The van der Waals surface area contributed by atoms with Crippen molar-refractivity contribution in [2.24, 2.45) is 29.6 Å². The Bertz CT molecular complexity index is 866. The van der Waals surface area contributed by atoms with Crippen LogP contribution in [0.5, 0.6) is 0 Å². The second kappa shape index (κ2) is 10.3. The standard InChI is InChI=1S/C20H20ClFO8S/c1-10(24)28-9-30-20(26)18-13-4-11(6-31-12-2-3-15(22)14(21)5-12)16(17(13)18)19(25)29-8-27-7-23/h2-3,5,7,11,13,16-18H,4,6,8-9H2,1H3/t11?,13-,16?,17?,18?/m1/s1. The molecule has 31 heavy (non-hydrogen) atoms. The molecule has 0 bridgehead atoms. The maximum atomic E-state index is 13.4. The molecule has 8 nitrogen and oxygen atoms in total. The zero-order chi connectivity index (χ0) is 22.5. The van der Waals surface area contributed by atoms with Gasteiger partial charge in [0.1, 0.15) is 5.82 Å². The summed E-state index contributed by atoms with van der Waals surface area (Å²) in [5.41, 5.74) is 0. The van der Waals surface area contributed by atoms with Crippen LogP contribution in [0.1, 0.15) is 13.3 Å². The maximum Gasteiger partial charge on any atom is 0.312 e. The van der Waals surface area contributed by atoms with Gasteiger partial charge in [0.25, 0.3) is 6.47 Å². The van der Waals surface area contributed by atoms with Gasteiger partial charge in [-0.2, -0.15) is 0 Å². The average Bonchev–Trinajstić information content (AvgIpc) is 3.29. The van der Waals surface area contributed by atoms with Gasteiger partial charge in [0.05, 0.1) is 16.9 Å². The van der Waals surface area contributed by atoms with Gasteiger partial charge in [-0.15, -0.1) is 11.8 Å². The molecule has 0 amide bonds. The number of rotatable bonds is 10. The third-order valence-corrected chi connectivity index (χ3v) is 6.90. The first-order chi connectivity index (χ1) is 14.8. The van der Waals surface area contributed by atoms with E-state index in [1.165, 1.54) is 30.8 Å². The van der Waals surface area contributed by atoms with Crippen molar-refractivity contribution in [3.8, 4) is 0 Å². The van der Waals surface area contributed by atoms with Crippen molar-refractivity contribution in [1.82, 2.24) is 0 Å². The highest BCUT2D eigenvalue weighted by atomic mass is 35.5. The van der Waals surface area contributed by atoms with E-state index >= 15 is 0 Å². The zero-order valence-corrected chi connectivity index (χ0v) is 18.0. The lowest BCUT2D eigenvalue weighted by Crippen LogP contribution is -2.30. The molecule has 4 unspecified atom stereocenters. The smallest absolute Gasteiger partial charge is 0.312 e. The van der Waals surface area contributed by atoms with Crippen LogP contribution in [0.15, 0.2) is 23.1 Å². The van der Waals surface area contributed by atoms with Gasteiger partial charge in [0.15, 0.2) is 0 Å². The van der Waals surface area contributed by atoms with E-state index in [1.807, 2.05) is 0 Å². The minimum atomic E-state index is -0.588. The van der Waals surface area contributed by atoms with Gasteiger partial charge in [-0.1, -0.05) is 11.6 Å². The van der Waals surface area contributed by atoms with E-state index in [4.69, 9.17) is 21.1 Å². The molecule has 2 aliphatic carbocycles. The van der Waals surface area contributed by atoms with Crippen LogP contribution in [0.3, 0.4) is 0 Å². The monoisotopic (exact) mass is 474 g/mol. The SMILES string of the molecule is CC(=O)OCOC(=O)C1C2C(C(=O)OCOC=O)C(CSc3ccc(F)c(Cl)c3)C[C@@H]12. The third-order valence-electron chi connectivity index (χ3n) is 5.43. The molecule has 0 aliphatic heterocycles. The third kappa shape index (κ3) is 5.68. The molecular weight excluding hydrogens is 455 g/mol. The summed E-state index contributed by atoms with van der Waals surface area (Å²) in [6, 6.07) is 4.38. The average molecular weight is 475 g/mol. The highest BCUT2D eigenvalue weighted by Gasteiger charge is 2.67. The largest absolute Gasteiger partial charge is 0.430 e. The Morgan fingerprint density at radius 1 is 1.16 bits per heavy atom. The van der Waals surface area contributed by atoms with Crippen LogP contribution >= 0.6 is 23.4 Å². The van der Waals surface area contributed by atoms with Crippen LogP contribution in [0, 0.1) is 35.4 Å². The maximum absolute atomic E-state index is 13.4. The highest BCUT2D eigenvalue weighted by molar-refractivity contribution is 7.99. The summed E-state index contributed by atoms with van der Waals surface area (Å²) in [6.07, 6.45) is 0.591. The van der Waals surface area contributed by atoms with Crippen molar-refractivity contribution < 1.29 is 42.5 Å². The van der Waals surface area contributed by atoms with E-state index in [2.05, 4.69) is 9.47 Å². The number of esters is 3. The lowest BCUT2D eigenvalue weighted by atomic mass is 9.90. The predicted octanol–water partition coefficient (Wildman–Crippen LogP) is 2.81. The summed E-state index contributed by atoms with van der Waals surface area (Å²) in [5.74, 6) is -3.16. The Morgan fingerprint density at radius 3 is 2.55 bits per heavy atom. The van der Waals surface area contributed by atoms with Crippen LogP contribution in [-0.4, -0.2) is 43.7 Å². The highest BCUT2D eigenvalue weighted by Crippen LogP contribution is 2.64. The Labute approximate surface area is 186 Å². The molecule has 0 aromatic heterocycles. The van der Waals surface area contributed by atoms with Crippen molar-refractivity contribution in [2.75, 3.05) is 19.3 Å². The molecule has 0 heterocycles. The van der Waals surface area contributed by atoms with Crippen molar-refractivity contribution in [1.29, 1.82) is 0 Å². The molecule has 0 saturated heterocycles. The van der Waals surface area contributed by atoms with Crippen LogP contribution in [-0.2, 0) is 38.1 Å². The number of benzene rings is 1. The fourth-order valence-corrected chi connectivity index (χ4v) is 5.47. The van der Waals surface area contributed by atoms with Crippen LogP contribution in [0.4, 0.5) is 4.39 Å². The van der Waals surface area contributed by atoms with E-state index in [-0.39, 0.29) is 29.2 Å². The second-order valence-electron chi connectivity index (χ2n) is 7.24. The first-order valence-electron chi connectivity index (χ1n) is 9.43. The number of thioether (sulfide) groups is 1. The fourth-order valence-electron chi connectivity index (χ4n) is 4.11. The molecule has 1 aromatic carbocycles. The molecule has 0 radical (unpaired) electrons. The Kier molecular flexibility index (Phi) is 7.77. The van der Waals surface area contributed by atoms with Gasteiger partial charge >= 0.3 is 17.9 Å². The van der Waals surface area contributed by atoms with E-state index in [1.54, 1.807) is 6.07 Å². The summed E-state index contributed by atoms with van der Waals surface area (Å²) in [7, 11) is 0. The van der Waals surface area contributed by atoms with Crippen molar-refractivity contribution in [3.05, 3.63) is 29.0 Å². The van der Waals surface area contributed by atoms with Gasteiger partial charge in [-0.3, -0.25) is 19.2 Å². The summed E-state index contributed by atoms with van der Waals surface area (Å²) in [4.78, 5) is 46.8. The molecule has 5 atom stereocenters. The van der Waals surface area contributed by atoms with Crippen LogP contribution in [0.25, 0.3) is 0 Å². The van der Waals surface area contributed by atoms with Crippen molar-refractivity contribution >= 4 is 47.7 Å². The van der Waals surface area contributed by atoms with Crippen LogP contribution in [0.2, 0.25) is 5.02 Å². The van der Waals surface area contributed by atoms with Gasteiger partial charge in [-0.25, -0.2) is 4.39 Å². The molecule has 11 heteroatoms. The molecule has 0 spiro atoms. The number of hydrogen-bond acceptors (Lipinski definition) is 9. The van der Waals surface area contributed by atoms with Crippen molar-refractivity contribution in [2.45, 2.75) is 18.2 Å². The van der Waals surface area contributed by atoms with Gasteiger partial charge in [0, 0.05) is 17.6 Å². The van der Waals surface area contributed by atoms with E-state index < -0.39 is 49.1 Å². The summed E-state index contributed by atoms with van der Waals surface area (Å²) in [5, 5.41) is 0.0110. The first kappa shape index (κ1) is 23.3. The number of carbonyl (C=O) groups excluding carboxylic acids is 4. The number of hydrogen-bond donors (Lipinski definition) is 0. The Hall–Kier alpha value is -2.33. The van der Waals surface area contributed by atoms with E-state index in [0.29, 0.717) is 12.2 Å². The fraction of sp³-hybridized carbons (Fsp3) is 0.500. The second-order valence-corrected chi connectivity index (χ2v) is 8.74. The molecule has 1 aromatic rings. The lowest BCUT2D eigenvalue weighted by molar-refractivity contribution is -0.167. The number of fused-ring (bicyclic) bond motifs is 1. The molecule has 168 valence electrons. The summed E-state index contributed by atoms with van der Waals surface area (Å²) >= 11 is 7.24. The number of ether oxygens (including phenoxy) is 4. The van der Waals surface area contributed by atoms with E-state index in [9.17, 15) is 23.6 Å². The molecule has 2 aliphatic rings. The van der Waals surface area contributed by atoms with Gasteiger partial charge in [0.2, 0.25) is 13.6 Å². The molecule has 0 N–H and O–H groups in total. The molecule has 2 saturated carbocycles. The minimum absolute atomic E-state index is 0.0110. The number of carbonyl (C=O) groups is 4. The predicted molar refractivity (Wildman–Crippen MR) is 105 cm³/mol. The van der Waals surface area contributed by atoms with E-state index in [0.717, 1.165) is 4.90 Å². The summed E-state index contributed by atoms with van der Waals surface area (Å²) in [6.45, 7) is 0.384. The normalized spacial score (nSPS) is 25.8. The Morgan fingerprint density at radius 2 is 1.87 bits per heavy atom. The van der Waals surface area contributed by atoms with Gasteiger partial charge in [-0.05, 0) is 42.4 Å². The number of halogens is 2. The Balaban J connectivity index is 1.62. The minimum Gasteiger partial charge on any atom is -0.430 e. The quantitative estimate of drug-likeness (QED) is 0.166. The molecule has 3 rings (SSSR count). The molecular formula is C20H20ClFO8S. The lowest BCUT2D eigenvalue weighted by Gasteiger charge is -2.22. The van der Waals surface area contributed by atoms with Gasteiger partial charge < -0.3 is 18.9 Å². The topological polar surface area (TPSA) is 105 Å². The van der Waals surface area contributed by atoms with Crippen molar-refractivity contribution in [3.63, 3.8) is 0 Å². The summed E-state index contributed by atoms with van der Waals surface area (Å²) < 4.78 is 32.4. The first-order valence-corrected chi connectivity index (χ1v) is 10.8. The molecule has 2 fully saturated rings.